The van der Waals surface area contributed by atoms with Crippen molar-refractivity contribution in [3.63, 3.8) is 0 Å². The maximum Gasteiger partial charge on any atom is 0.363 e. The second-order valence-electron chi connectivity index (χ2n) is 5.10. The Morgan fingerprint density at radius 3 is 2.28 bits per heavy atom. The summed E-state index contributed by atoms with van der Waals surface area (Å²) in [6.45, 7) is 0. The number of non-ortho nitro benzene ring substituents is 1. The lowest BCUT2D eigenvalue weighted by atomic mass is 10.2. The standard InChI is InChI=1S/C18H11ClN2O4/c19-14-6-1-12(2-7-14)5-10-17-20-16(18(22)25-17)11-13-3-8-15(9-4-13)21(23)24/h1-11H/b10-5+,16-11+. The Morgan fingerprint density at radius 1 is 1.00 bits per heavy atom. The van der Waals surface area contributed by atoms with Crippen LogP contribution in [0.5, 0.6) is 0 Å². The summed E-state index contributed by atoms with van der Waals surface area (Å²) in [7, 11) is 0. The molecule has 7 heteroatoms. The molecule has 1 aliphatic heterocycles. The molecule has 0 atom stereocenters. The molecule has 0 saturated heterocycles. The van der Waals surface area contributed by atoms with Gasteiger partial charge in [0.1, 0.15) is 0 Å². The minimum atomic E-state index is -0.575. The van der Waals surface area contributed by atoms with Crippen LogP contribution in [0.25, 0.3) is 12.2 Å². The molecule has 1 aliphatic rings. The first kappa shape index (κ1) is 16.6. The summed E-state index contributed by atoms with van der Waals surface area (Å²) < 4.78 is 5.08. The Bertz CT molecular complexity index is 913. The van der Waals surface area contributed by atoms with E-state index < -0.39 is 10.9 Å². The van der Waals surface area contributed by atoms with Gasteiger partial charge in [-0.2, -0.15) is 0 Å². The fourth-order valence-corrected chi connectivity index (χ4v) is 2.21. The van der Waals surface area contributed by atoms with Gasteiger partial charge in [-0.25, -0.2) is 9.79 Å². The van der Waals surface area contributed by atoms with Crippen LogP contribution < -0.4 is 0 Å². The number of ether oxygens (including phenoxy) is 1. The lowest BCUT2D eigenvalue weighted by Gasteiger charge is -1.94. The molecular formula is C18H11ClN2O4. The van der Waals surface area contributed by atoms with Crippen molar-refractivity contribution in [2.45, 2.75) is 0 Å². The van der Waals surface area contributed by atoms with E-state index in [-0.39, 0.29) is 17.3 Å². The summed E-state index contributed by atoms with van der Waals surface area (Å²) >= 11 is 5.82. The van der Waals surface area contributed by atoms with Gasteiger partial charge in [0.15, 0.2) is 5.70 Å². The number of carbonyl (C=O) groups is 1. The van der Waals surface area contributed by atoms with E-state index in [1.165, 1.54) is 30.3 Å². The molecule has 124 valence electrons. The lowest BCUT2D eigenvalue weighted by molar-refractivity contribution is -0.384. The number of hydrogen-bond acceptors (Lipinski definition) is 5. The molecule has 0 unspecified atom stereocenters. The molecule has 6 nitrogen and oxygen atoms in total. The highest BCUT2D eigenvalue weighted by molar-refractivity contribution is 6.30. The number of hydrogen-bond donors (Lipinski definition) is 0. The largest absolute Gasteiger partial charge is 0.403 e. The zero-order valence-corrected chi connectivity index (χ0v) is 13.5. The summed E-state index contributed by atoms with van der Waals surface area (Å²) in [6, 6.07) is 12.9. The number of nitrogens with zero attached hydrogens (tertiary/aromatic N) is 2. The Kier molecular flexibility index (Phi) is 4.72. The molecule has 0 amide bonds. The van der Waals surface area contributed by atoms with Crippen LogP contribution in [-0.2, 0) is 9.53 Å². The molecule has 2 aromatic carbocycles. The lowest BCUT2D eigenvalue weighted by Crippen LogP contribution is -2.01. The topological polar surface area (TPSA) is 81.8 Å². The molecule has 0 aromatic heterocycles. The zero-order valence-electron chi connectivity index (χ0n) is 12.8. The van der Waals surface area contributed by atoms with Gasteiger partial charge in [-0.15, -0.1) is 0 Å². The number of nitro benzene ring substituents is 1. The zero-order chi connectivity index (χ0) is 17.8. The maximum absolute atomic E-state index is 11.9. The first-order valence-electron chi connectivity index (χ1n) is 7.22. The fourth-order valence-electron chi connectivity index (χ4n) is 2.09. The van der Waals surface area contributed by atoms with Crippen molar-refractivity contribution >= 4 is 41.3 Å². The van der Waals surface area contributed by atoms with Crippen molar-refractivity contribution in [3.8, 4) is 0 Å². The van der Waals surface area contributed by atoms with Crippen molar-refractivity contribution in [1.29, 1.82) is 0 Å². The number of cyclic esters (lactones) is 1. The van der Waals surface area contributed by atoms with E-state index in [1.54, 1.807) is 24.3 Å². The molecule has 3 rings (SSSR count). The highest BCUT2D eigenvalue weighted by Crippen LogP contribution is 2.19. The predicted octanol–water partition coefficient (Wildman–Crippen LogP) is 4.26. The van der Waals surface area contributed by atoms with Gasteiger partial charge in [0.05, 0.1) is 4.92 Å². The Hall–Kier alpha value is -3.25. The van der Waals surface area contributed by atoms with Crippen LogP contribution in [0.15, 0.2) is 65.3 Å². The SMILES string of the molecule is O=C1OC(/C=C/c2ccc(Cl)cc2)=NC/1=C/c1ccc([N+](=O)[O-])cc1. The van der Waals surface area contributed by atoms with E-state index in [1.807, 2.05) is 12.1 Å². The highest BCUT2D eigenvalue weighted by Gasteiger charge is 2.21. The van der Waals surface area contributed by atoms with Crippen LogP contribution in [0.3, 0.4) is 0 Å². The number of benzene rings is 2. The smallest absolute Gasteiger partial charge is 0.363 e. The molecule has 2 aromatic rings. The minimum absolute atomic E-state index is 0.0220. The molecule has 0 radical (unpaired) electrons. The van der Waals surface area contributed by atoms with E-state index in [2.05, 4.69) is 4.99 Å². The molecule has 0 N–H and O–H groups in total. The second kappa shape index (κ2) is 7.11. The number of esters is 1. The van der Waals surface area contributed by atoms with E-state index in [0.29, 0.717) is 10.6 Å². The first-order valence-corrected chi connectivity index (χ1v) is 7.60. The third-order valence-corrected chi connectivity index (χ3v) is 3.58. The maximum atomic E-state index is 11.9. The van der Waals surface area contributed by atoms with Gasteiger partial charge in [0.25, 0.3) is 5.69 Å². The summed E-state index contributed by atoms with van der Waals surface area (Å²) in [4.78, 5) is 26.1. The van der Waals surface area contributed by atoms with Crippen LogP contribution in [0.2, 0.25) is 5.02 Å². The van der Waals surface area contributed by atoms with Gasteiger partial charge in [-0.3, -0.25) is 10.1 Å². The molecule has 0 bridgehead atoms. The summed E-state index contributed by atoms with van der Waals surface area (Å²) in [5, 5.41) is 11.3. The monoisotopic (exact) mass is 354 g/mol. The van der Waals surface area contributed by atoms with Gasteiger partial charge < -0.3 is 4.74 Å². The molecule has 1 heterocycles. The van der Waals surface area contributed by atoms with E-state index >= 15 is 0 Å². The van der Waals surface area contributed by atoms with Crippen molar-refractivity contribution in [1.82, 2.24) is 0 Å². The van der Waals surface area contributed by atoms with Gasteiger partial charge in [0.2, 0.25) is 5.90 Å². The van der Waals surface area contributed by atoms with E-state index in [9.17, 15) is 14.9 Å². The molecular weight excluding hydrogens is 344 g/mol. The van der Waals surface area contributed by atoms with Crippen LogP contribution in [0.1, 0.15) is 11.1 Å². The molecule has 0 spiro atoms. The number of aliphatic imine (C=N–C) groups is 1. The number of halogens is 1. The second-order valence-corrected chi connectivity index (χ2v) is 5.54. The normalized spacial score (nSPS) is 15.5. The quantitative estimate of drug-likeness (QED) is 0.355. The minimum Gasteiger partial charge on any atom is -0.403 e. The van der Waals surface area contributed by atoms with Gasteiger partial charge >= 0.3 is 5.97 Å². The van der Waals surface area contributed by atoms with Crippen LogP contribution in [-0.4, -0.2) is 16.8 Å². The van der Waals surface area contributed by atoms with Crippen molar-refractivity contribution in [3.05, 3.63) is 86.6 Å². The third-order valence-electron chi connectivity index (χ3n) is 3.33. The third kappa shape index (κ3) is 4.19. The van der Waals surface area contributed by atoms with Gasteiger partial charge in [-0.1, -0.05) is 23.7 Å². The van der Waals surface area contributed by atoms with Gasteiger partial charge in [0, 0.05) is 23.2 Å². The van der Waals surface area contributed by atoms with E-state index in [0.717, 1.165) is 5.56 Å². The van der Waals surface area contributed by atoms with Crippen LogP contribution in [0, 0.1) is 10.1 Å². The van der Waals surface area contributed by atoms with Crippen molar-refractivity contribution < 1.29 is 14.5 Å². The van der Waals surface area contributed by atoms with Crippen LogP contribution >= 0.6 is 11.6 Å². The Labute approximate surface area is 147 Å². The van der Waals surface area contributed by atoms with Crippen LogP contribution in [0.4, 0.5) is 5.69 Å². The molecule has 0 fully saturated rings. The average molecular weight is 355 g/mol. The average Bonchev–Trinajstić information content (AvgIpc) is 2.94. The van der Waals surface area contributed by atoms with Crippen molar-refractivity contribution in [2.24, 2.45) is 4.99 Å². The summed E-state index contributed by atoms with van der Waals surface area (Å²) in [5.41, 5.74) is 1.61. The number of carbonyl (C=O) groups excluding carboxylic acids is 1. The number of nitro groups is 1. The van der Waals surface area contributed by atoms with Crippen molar-refractivity contribution in [2.75, 3.05) is 0 Å². The Balaban J connectivity index is 1.77. The molecule has 0 aliphatic carbocycles. The highest BCUT2D eigenvalue weighted by atomic mass is 35.5. The molecule has 25 heavy (non-hydrogen) atoms. The number of rotatable bonds is 4. The first-order chi connectivity index (χ1) is 12.0. The predicted molar refractivity (Wildman–Crippen MR) is 95.1 cm³/mol. The van der Waals surface area contributed by atoms with Gasteiger partial charge in [-0.05, 0) is 47.5 Å². The fraction of sp³-hybridized carbons (Fsp3) is 0. The van der Waals surface area contributed by atoms with E-state index in [4.69, 9.17) is 16.3 Å². The summed E-state index contributed by atoms with van der Waals surface area (Å²) in [5.74, 6) is -0.401. The summed E-state index contributed by atoms with van der Waals surface area (Å²) in [6.07, 6.45) is 4.84. The molecule has 0 saturated carbocycles. The Morgan fingerprint density at radius 2 is 1.64 bits per heavy atom.